The van der Waals surface area contributed by atoms with E-state index in [0.717, 1.165) is 56.7 Å². The van der Waals surface area contributed by atoms with Gasteiger partial charge in [0.25, 0.3) is 0 Å². The van der Waals surface area contributed by atoms with E-state index in [1.165, 1.54) is 87.6 Å². The first-order valence-electron chi connectivity index (χ1n) is 23.3. The topological polar surface area (TPSA) is 43.0 Å². The summed E-state index contributed by atoms with van der Waals surface area (Å²) in [6, 6.07) is 54.4. The predicted molar refractivity (Wildman–Crippen MR) is 283 cm³/mol. The summed E-state index contributed by atoms with van der Waals surface area (Å²) in [5.41, 5.74) is 22.9. The second-order valence-corrected chi connectivity index (χ2v) is 22.4. The van der Waals surface area contributed by atoms with Crippen LogP contribution in [0.4, 0.5) is 11.4 Å². The van der Waals surface area contributed by atoms with E-state index < -0.39 is 0 Å². The summed E-state index contributed by atoms with van der Waals surface area (Å²) >= 11 is 1.77. The van der Waals surface area contributed by atoms with Gasteiger partial charge in [-0.15, -0.1) is 11.3 Å². The molecule has 13 rings (SSSR count). The Hall–Kier alpha value is -6.89. The first-order valence-corrected chi connectivity index (χ1v) is 24.1. The first kappa shape index (κ1) is 39.5. The Morgan fingerprint density at radius 1 is 0.606 bits per heavy atom. The van der Waals surface area contributed by atoms with E-state index in [1.54, 1.807) is 11.3 Å². The molecule has 1 aliphatic heterocycles. The average molecular weight is 872 g/mol. The molecule has 8 aromatic carbocycles. The van der Waals surface area contributed by atoms with Crippen LogP contribution in [-0.2, 0) is 16.2 Å². The van der Waals surface area contributed by atoms with Gasteiger partial charge in [-0.2, -0.15) is 0 Å². The number of para-hydroxylation sites is 1. The number of nitrogens with zero attached hydrogens (tertiary/aromatic N) is 2. The maximum absolute atomic E-state index is 6.55. The number of thiazole rings is 1. The van der Waals surface area contributed by atoms with Gasteiger partial charge in [-0.25, -0.2) is 4.98 Å². The zero-order valence-corrected chi connectivity index (χ0v) is 39.6. The highest BCUT2D eigenvalue weighted by atomic mass is 32.1. The Labute approximate surface area is 390 Å². The minimum atomic E-state index is -0.195. The molecule has 0 unspecified atom stereocenters. The second-order valence-electron chi connectivity index (χ2n) is 21.3. The molecule has 4 nitrogen and oxygen atoms in total. The van der Waals surface area contributed by atoms with Crippen LogP contribution in [0.2, 0.25) is 0 Å². The van der Waals surface area contributed by atoms with Crippen LogP contribution in [0, 0.1) is 0 Å². The van der Waals surface area contributed by atoms with Crippen molar-refractivity contribution in [2.45, 2.75) is 71.6 Å². The van der Waals surface area contributed by atoms with E-state index in [0.29, 0.717) is 0 Å². The second kappa shape index (κ2) is 13.6. The van der Waals surface area contributed by atoms with Crippen molar-refractivity contribution in [3.63, 3.8) is 0 Å². The van der Waals surface area contributed by atoms with Gasteiger partial charge in [-0.05, 0) is 110 Å². The van der Waals surface area contributed by atoms with E-state index in [2.05, 4.69) is 211 Å². The van der Waals surface area contributed by atoms with Gasteiger partial charge in [0.2, 0.25) is 0 Å². The smallest absolute Gasteiger partial charge is 0.198 e. The standard InChI is InChI=1S/C60H50BN3OS/c1-58(2,3)34-18-21-36(22-19-34)62-48-28-41-37-23-20-35(59(4,5)6)26-45(37)60(7,8)46(41)27-42(48)39-24-25-40-43-30-53-44(38-16-12-13-17-52(38)65-53)29-50(43)64-51-32-54-49(31-47(51)61-55(39)56(40)64)63-57(66-54)33-14-10-9-11-15-33/h9-32,61-62H,1-8H3. The SMILES string of the molecule is CC(C)(C)c1ccc(Nc2cc3c(cc2-c2ccc4c5cc6oc7ccccc7c6cc5n5c4c2Bc2cc4nc(-c6ccccc6)sc4cc2-5)C(C)(C)c2cc(C(C)(C)C)ccc2-3)cc1. The molecule has 3 aromatic heterocycles. The maximum atomic E-state index is 6.55. The van der Waals surface area contributed by atoms with Crippen LogP contribution in [0.5, 0.6) is 0 Å². The molecule has 1 N–H and O–H groups in total. The van der Waals surface area contributed by atoms with E-state index in [4.69, 9.17) is 9.40 Å². The molecule has 0 bridgehead atoms. The molecule has 66 heavy (non-hydrogen) atoms. The summed E-state index contributed by atoms with van der Waals surface area (Å²) in [6.07, 6.45) is 0. The molecule has 6 heteroatoms. The van der Waals surface area contributed by atoms with Crippen molar-refractivity contribution in [1.82, 2.24) is 9.55 Å². The van der Waals surface area contributed by atoms with E-state index in [9.17, 15) is 0 Å². The largest absolute Gasteiger partial charge is 0.456 e. The monoisotopic (exact) mass is 871 g/mol. The molecule has 0 fully saturated rings. The molecule has 0 amide bonds. The Bertz CT molecular complexity index is 3850. The number of anilines is 2. The lowest BCUT2D eigenvalue weighted by Gasteiger charge is -2.27. The highest BCUT2D eigenvalue weighted by Gasteiger charge is 2.38. The highest BCUT2D eigenvalue weighted by Crippen LogP contribution is 2.53. The summed E-state index contributed by atoms with van der Waals surface area (Å²) < 4.78 is 10.3. The van der Waals surface area contributed by atoms with Crippen molar-refractivity contribution in [3.05, 3.63) is 168 Å². The van der Waals surface area contributed by atoms with Gasteiger partial charge in [-0.1, -0.05) is 152 Å². The van der Waals surface area contributed by atoms with Gasteiger partial charge in [0.05, 0.1) is 15.7 Å². The van der Waals surface area contributed by atoms with Crippen LogP contribution in [0.15, 0.2) is 150 Å². The summed E-state index contributed by atoms with van der Waals surface area (Å²) in [7, 11) is 0.779. The molecule has 0 spiro atoms. The van der Waals surface area contributed by atoms with Crippen molar-refractivity contribution in [1.29, 1.82) is 0 Å². The van der Waals surface area contributed by atoms with Gasteiger partial charge < -0.3 is 14.3 Å². The number of hydrogen-bond acceptors (Lipinski definition) is 4. The molecule has 0 radical (unpaired) electrons. The van der Waals surface area contributed by atoms with E-state index in [-0.39, 0.29) is 16.2 Å². The zero-order valence-electron chi connectivity index (χ0n) is 38.8. The van der Waals surface area contributed by atoms with E-state index >= 15 is 0 Å². The zero-order chi connectivity index (χ0) is 45.0. The summed E-state index contributed by atoms with van der Waals surface area (Å²) in [6.45, 7) is 18.6. The van der Waals surface area contributed by atoms with Gasteiger partial charge >= 0.3 is 0 Å². The number of rotatable bonds is 4. The van der Waals surface area contributed by atoms with E-state index in [1.807, 2.05) is 0 Å². The lowest BCUT2D eigenvalue weighted by molar-refractivity contribution is 0.584. The van der Waals surface area contributed by atoms with Crippen LogP contribution in [0.3, 0.4) is 0 Å². The number of hydrogen-bond donors (Lipinski definition) is 1. The Morgan fingerprint density at radius 3 is 2.12 bits per heavy atom. The van der Waals surface area contributed by atoms with Crippen molar-refractivity contribution < 1.29 is 4.42 Å². The van der Waals surface area contributed by atoms with Crippen LogP contribution >= 0.6 is 11.3 Å². The van der Waals surface area contributed by atoms with Crippen LogP contribution in [-0.4, -0.2) is 16.8 Å². The van der Waals surface area contributed by atoms with Crippen molar-refractivity contribution >= 4 is 94.9 Å². The number of nitrogens with one attached hydrogen (secondary N) is 1. The molecule has 1 aliphatic carbocycles. The Kier molecular flexibility index (Phi) is 8.13. The minimum Gasteiger partial charge on any atom is -0.456 e. The summed E-state index contributed by atoms with van der Waals surface area (Å²) in [4.78, 5) is 5.26. The summed E-state index contributed by atoms with van der Waals surface area (Å²) in [5, 5.41) is 9.75. The van der Waals surface area contributed by atoms with Gasteiger partial charge in [0.15, 0.2) is 7.28 Å². The fourth-order valence-corrected chi connectivity index (χ4v) is 12.1. The number of benzene rings is 8. The minimum absolute atomic E-state index is 0.0483. The highest BCUT2D eigenvalue weighted by molar-refractivity contribution is 7.21. The average Bonchev–Trinajstić information content (AvgIpc) is 4.03. The molecule has 4 heterocycles. The predicted octanol–water partition coefficient (Wildman–Crippen LogP) is 15.0. The molecule has 0 atom stereocenters. The van der Waals surface area contributed by atoms with Crippen molar-refractivity contribution in [2.24, 2.45) is 0 Å². The Morgan fingerprint density at radius 2 is 1.33 bits per heavy atom. The third-order valence-electron chi connectivity index (χ3n) is 14.8. The molecule has 0 saturated heterocycles. The van der Waals surface area contributed by atoms with Crippen molar-refractivity contribution in [2.75, 3.05) is 5.32 Å². The first-order chi connectivity index (χ1) is 31.7. The maximum Gasteiger partial charge on any atom is 0.198 e. The lowest BCUT2D eigenvalue weighted by atomic mass is 9.59. The number of fused-ring (bicyclic) bond motifs is 12. The molecule has 11 aromatic rings. The lowest BCUT2D eigenvalue weighted by Crippen LogP contribution is -2.37. The normalized spacial score (nSPS) is 14.0. The van der Waals surface area contributed by atoms with Crippen molar-refractivity contribution in [3.8, 4) is 38.5 Å². The fourth-order valence-electron chi connectivity index (χ4n) is 11.1. The summed E-state index contributed by atoms with van der Waals surface area (Å²) in [5.74, 6) is 0. The Balaban J connectivity index is 1.08. The van der Waals surface area contributed by atoms with Crippen LogP contribution in [0.25, 0.3) is 92.5 Å². The molecule has 0 saturated carbocycles. The number of aromatic nitrogens is 2. The third-order valence-corrected chi connectivity index (χ3v) is 15.8. The third kappa shape index (κ3) is 5.80. The quantitative estimate of drug-likeness (QED) is 0.179. The van der Waals surface area contributed by atoms with Gasteiger partial charge in [-0.3, -0.25) is 0 Å². The van der Waals surface area contributed by atoms with Crippen LogP contribution in [0.1, 0.15) is 77.6 Å². The van der Waals surface area contributed by atoms with Gasteiger partial charge in [0, 0.05) is 60.7 Å². The molecule has 2 aliphatic rings. The van der Waals surface area contributed by atoms with Gasteiger partial charge in [0.1, 0.15) is 16.2 Å². The fraction of sp³-hybridized carbons (Fsp3) is 0.183. The number of furan rings is 1. The molecular formula is C60H50BN3OS. The molecular weight excluding hydrogens is 822 g/mol. The molecule has 320 valence electrons. The van der Waals surface area contributed by atoms with Crippen LogP contribution < -0.4 is 16.2 Å².